The largest absolute Gasteiger partial charge is 0.345 e. The number of rotatable bonds is 6. The summed E-state index contributed by atoms with van der Waals surface area (Å²) in [6.07, 6.45) is 5.56. The second kappa shape index (κ2) is 6.92. The maximum atomic E-state index is 12.2. The van der Waals surface area contributed by atoms with Gasteiger partial charge in [-0.15, -0.1) is 0 Å². The van der Waals surface area contributed by atoms with Gasteiger partial charge in [-0.25, -0.2) is 0 Å². The van der Waals surface area contributed by atoms with E-state index in [0.717, 1.165) is 30.5 Å². The molecule has 1 fully saturated rings. The number of benzene rings is 1. The van der Waals surface area contributed by atoms with Crippen molar-refractivity contribution >= 4 is 5.91 Å². The fraction of sp³-hybridized carbons (Fsp3) is 0.368. The van der Waals surface area contributed by atoms with Crippen LogP contribution in [0.3, 0.4) is 0 Å². The highest BCUT2D eigenvalue weighted by atomic mass is 16.2. The number of aromatic nitrogens is 1. The van der Waals surface area contributed by atoms with E-state index in [0.29, 0.717) is 0 Å². The molecule has 0 saturated heterocycles. The lowest BCUT2D eigenvalue weighted by molar-refractivity contribution is -0.122. The Morgan fingerprint density at radius 3 is 2.30 bits per heavy atom. The molecule has 1 amide bonds. The molecule has 0 radical (unpaired) electrons. The van der Waals surface area contributed by atoms with Crippen LogP contribution in [0.4, 0.5) is 0 Å². The van der Waals surface area contributed by atoms with E-state index >= 15 is 0 Å². The summed E-state index contributed by atoms with van der Waals surface area (Å²) in [7, 11) is 4.12. The maximum absolute atomic E-state index is 12.2. The Balaban J connectivity index is 1.83. The molecule has 1 unspecified atom stereocenters. The van der Waals surface area contributed by atoms with Crippen molar-refractivity contribution in [3.63, 3.8) is 0 Å². The van der Waals surface area contributed by atoms with Crippen molar-refractivity contribution in [1.82, 2.24) is 15.2 Å². The lowest BCUT2D eigenvalue weighted by Crippen LogP contribution is -2.30. The fourth-order valence-corrected chi connectivity index (χ4v) is 2.70. The molecule has 1 aromatic heterocycles. The van der Waals surface area contributed by atoms with Gasteiger partial charge in [-0.3, -0.25) is 9.78 Å². The van der Waals surface area contributed by atoms with Crippen molar-refractivity contribution in [2.45, 2.75) is 25.4 Å². The molecule has 3 rings (SSSR count). The van der Waals surface area contributed by atoms with Gasteiger partial charge in [0.2, 0.25) is 5.91 Å². The van der Waals surface area contributed by atoms with Crippen LogP contribution in [0.25, 0.3) is 0 Å². The quantitative estimate of drug-likeness (QED) is 0.892. The molecule has 1 heterocycles. The lowest BCUT2D eigenvalue weighted by Gasteiger charge is -2.20. The molecular formula is C19H23N3O. The zero-order valence-corrected chi connectivity index (χ0v) is 13.7. The monoisotopic (exact) mass is 309 g/mol. The predicted octanol–water partition coefficient (Wildman–Crippen LogP) is 2.76. The van der Waals surface area contributed by atoms with Crippen molar-refractivity contribution in [2.75, 3.05) is 14.1 Å². The number of hydrogen-bond donors (Lipinski definition) is 1. The molecule has 1 aromatic carbocycles. The molecule has 0 bridgehead atoms. The van der Waals surface area contributed by atoms with E-state index in [-0.39, 0.29) is 17.9 Å². The van der Waals surface area contributed by atoms with E-state index < -0.39 is 0 Å². The van der Waals surface area contributed by atoms with Crippen LogP contribution in [0.5, 0.6) is 0 Å². The molecule has 23 heavy (non-hydrogen) atoms. The van der Waals surface area contributed by atoms with Crippen LogP contribution in [0.15, 0.2) is 48.8 Å². The lowest BCUT2D eigenvalue weighted by atomic mass is 9.98. The Kier molecular flexibility index (Phi) is 4.72. The molecule has 120 valence electrons. The SMILES string of the molecule is CN(C)Cc1ccc(C(NC(=O)C2CC2)c2ccncc2)cc1. The van der Waals surface area contributed by atoms with Crippen LogP contribution in [0.1, 0.15) is 35.6 Å². The Labute approximate surface area is 137 Å². The second-order valence-corrected chi connectivity index (χ2v) is 6.48. The molecule has 2 aromatic rings. The van der Waals surface area contributed by atoms with Crippen LogP contribution in [0, 0.1) is 5.92 Å². The number of hydrogen-bond acceptors (Lipinski definition) is 3. The first-order valence-electron chi connectivity index (χ1n) is 8.07. The van der Waals surface area contributed by atoms with Gasteiger partial charge in [0.25, 0.3) is 0 Å². The van der Waals surface area contributed by atoms with E-state index in [2.05, 4.69) is 53.6 Å². The summed E-state index contributed by atoms with van der Waals surface area (Å²) in [5.74, 6) is 0.358. The third-order valence-electron chi connectivity index (χ3n) is 4.09. The van der Waals surface area contributed by atoms with Crippen molar-refractivity contribution in [3.05, 3.63) is 65.5 Å². The summed E-state index contributed by atoms with van der Waals surface area (Å²) in [6.45, 7) is 0.911. The third-order valence-corrected chi connectivity index (χ3v) is 4.09. The highest BCUT2D eigenvalue weighted by Gasteiger charge is 2.31. The van der Waals surface area contributed by atoms with Crippen LogP contribution in [-0.2, 0) is 11.3 Å². The summed E-state index contributed by atoms with van der Waals surface area (Å²) in [4.78, 5) is 18.5. The first kappa shape index (κ1) is 15.7. The predicted molar refractivity (Wildman–Crippen MR) is 90.8 cm³/mol. The van der Waals surface area contributed by atoms with E-state index in [1.54, 1.807) is 12.4 Å². The minimum atomic E-state index is -0.112. The molecule has 1 saturated carbocycles. The number of nitrogens with one attached hydrogen (secondary N) is 1. The number of pyridine rings is 1. The highest BCUT2D eigenvalue weighted by molar-refractivity contribution is 5.81. The zero-order valence-electron chi connectivity index (χ0n) is 13.7. The average molecular weight is 309 g/mol. The molecular weight excluding hydrogens is 286 g/mol. The van der Waals surface area contributed by atoms with Crippen molar-refractivity contribution in [1.29, 1.82) is 0 Å². The molecule has 4 nitrogen and oxygen atoms in total. The van der Waals surface area contributed by atoms with Gasteiger partial charge in [0.05, 0.1) is 6.04 Å². The first-order chi connectivity index (χ1) is 11.1. The summed E-state index contributed by atoms with van der Waals surface area (Å²) in [5, 5.41) is 3.19. The second-order valence-electron chi connectivity index (χ2n) is 6.48. The molecule has 0 aliphatic heterocycles. The number of amides is 1. The fourth-order valence-electron chi connectivity index (χ4n) is 2.70. The Bertz CT molecular complexity index is 648. The van der Waals surface area contributed by atoms with E-state index in [4.69, 9.17) is 0 Å². The molecule has 1 atom stereocenters. The van der Waals surface area contributed by atoms with Gasteiger partial charge in [0.1, 0.15) is 0 Å². The van der Waals surface area contributed by atoms with Gasteiger partial charge < -0.3 is 10.2 Å². The molecule has 1 N–H and O–H groups in total. The topological polar surface area (TPSA) is 45.2 Å². The minimum Gasteiger partial charge on any atom is -0.345 e. The summed E-state index contributed by atoms with van der Waals surface area (Å²) in [5.41, 5.74) is 3.43. The summed E-state index contributed by atoms with van der Waals surface area (Å²) < 4.78 is 0. The zero-order chi connectivity index (χ0) is 16.2. The number of nitrogens with zero attached hydrogens (tertiary/aromatic N) is 2. The normalized spacial score (nSPS) is 15.4. The Morgan fingerprint density at radius 2 is 1.74 bits per heavy atom. The minimum absolute atomic E-state index is 0.112. The van der Waals surface area contributed by atoms with Gasteiger partial charge in [-0.05, 0) is 55.8 Å². The standard InChI is InChI=1S/C19H23N3O/c1-22(2)13-14-3-5-15(6-4-14)18(16-9-11-20-12-10-16)21-19(23)17-7-8-17/h3-6,9-12,17-18H,7-8,13H2,1-2H3,(H,21,23). The smallest absolute Gasteiger partial charge is 0.223 e. The highest BCUT2D eigenvalue weighted by Crippen LogP contribution is 2.31. The van der Waals surface area contributed by atoms with Crippen molar-refractivity contribution < 1.29 is 4.79 Å². The number of carbonyl (C=O) groups excluding carboxylic acids is 1. The molecule has 1 aliphatic rings. The average Bonchev–Trinajstić information content (AvgIpc) is 3.39. The van der Waals surface area contributed by atoms with Crippen LogP contribution in [-0.4, -0.2) is 29.9 Å². The van der Waals surface area contributed by atoms with Gasteiger partial charge in [0, 0.05) is 24.9 Å². The van der Waals surface area contributed by atoms with Crippen LogP contribution >= 0.6 is 0 Å². The van der Waals surface area contributed by atoms with Gasteiger partial charge in [-0.1, -0.05) is 24.3 Å². The molecule has 4 heteroatoms. The summed E-state index contributed by atoms with van der Waals surface area (Å²) in [6, 6.07) is 12.3. The van der Waals surface area contributed by atoms with E-state index in [9.17, 15) is 4.79 Å². The first-order valence-corrected chi connectivity index (χ1v) is 8.07. The van der Waals surface area contributed by atoms with E-state index in [1.807, 2.05) is 12.1 Å². The van der Waals surface area contributed by atoms with Gasteiger partial charge in [0.15, 0.2) is 0 Å². The van der Waals surface area contributed by atoms with Crippen molar-refractivity contribution in [2.24, 2.45) is 5.92 Å². The van der Waals surface area contributed by atoms with Crippen LogP contribution in [0.2, 0.25) is 0 Å². The maximum Gasteiger partial charge on any atom is 0.223 e. The van der Waals surface area contributed by atoms with Gasteiger partial charge >= 0.3 is 0 Å². The Hall–Kier alpha value is -2.20. The summed E-state index contributed by atoms with van der Waals surface area (Å²) >= 11 is 0. The third kappa shape index (κ3) is 4.17. The van der Waals surface area contributed by atoms with E-state index in [1.165, 1.54) is 5.56 Å². The Morgan fingerprint density at radius 1 is 1.13 bits per heavy atom. The van der Waals surface area contributed by atoms with Crippen molar-refractivity contribution in [3.8, 4) is 0 Å². The molecule has 0 spiro atoms. The van der Waals surface area contributed by atoms with Gasteiger partial charge in [-0.2, -0.15) is 0 Å². The molecule has 1 aliphatic carbocycles. The van der Waals surface area contributed by atoms with Crippen LogP contribution < -0.4 is 5.32 Å². The number of carbonyl (C=O) groups is 1.